The first-order valence-electron chi connectivity index (χ1n) is 9.41. The maximum atomic E-state index is 13.0. The lowest BCUT2D eigenvalue weighted by molar-refractivity contribution is 0.0867. The average Bonchev–Trinajstić information content (AvgIpc) is 3.33. The van der Waals surface area contributed by atoms with E-state index in [0.717, 1.165) is 11.0 Å². The summed E-state index contributed by atoms with van der Waals surface area (Å²) in [5.74, 6) is 0.0238. The van der Waals surface area contributed by atoms with E-state index in [-0.39, 0.29) is 18.1 Å². The van der Waals surface area contributed by atoms with E-state index in [9.17, 15) is 9.90 Å². The number of fused-ring (bicyclic) bond motifs is 2. The molecule has 5 rings (SSSR count). The Morgan fingerprint density at radius 2 is 1.93 bits per heavy atom. The smallest absolute Gasteiger partial charge is 0.288 e. The highest BCUT2D eigenvalue weighted by Gasteiger charge is 2.33. The van der Waals surface area contributed by atoms with Crippen LogP contribution in [-0.2, 0) is 7.05 Å². The monoisotopic (exact) mass is 401 g/mol. The zero-order valence-electron chi connectivity index (χ0n) is 16.4. The number of rotatable bonds is 3. The summed E-state index contributed by atoms with van der Waals surface area (Å²) in [5, 5.41) is 20.4. The maximum absolute atomic E-state index is 13.0. The first-order valence-corrected chi connectivity index (χ1v) is 9.41. The molecule has 1 aliphatic rings. The van der Waals surface area contributed by atoms with Crippen LogP contribution in [0.5, 0.6) is 0 Å². The molecule has 0 atom stereocenters. The lowest BCUT2D eigenvalue weighted by Gasteiger charge is -2.19. The molecule has 1 aliphatic heterocycles. The first-order chi connectivity index (χ1) is 14.5. The lowest BCUT2D eigenvalue weighted by atomic mass is 10.2. The molecule has 0 spiro atoms. The Labute approximate surface area is 171 Å². The number of carbonyl (C=O) groups excluding carboxylic acids is 1. The van der Waals surface area contributed by atoms with Crippen molar-refractivity contribution in [3.8, 4) is 0 Å². The summed E-state index contributed by atoms with van der Waals surface area (Å²) in [5.41, 5.74) is 6.31. The quantitative estimate of drug-likeness (QED) is 0.488. The highest BCUT2D eigenvalue weighted by Crippen LogP contribution is 2.28. The molecule has 0 saturated heterocycles. The molecule has 150 valence electrons. The zero-order valence-corrected chi connectivity index (χ0v) is 16.4. The highest BCUT2D eigenvalue weighted by molar-refractivity contribution is 6.23. The number of para-hydroxylation sites is 2. The van der Waals surface area contributed by atoms with Gasteiger partial charge in [-0.1, -0.05) is 18.2 Å². The van der Waals surface area contributed by atoms with Gasteiger partial charge in [0.25, 0.3) is 5.91 Å². The lowest BCUT2D eigenvalue weighted by Crippen LogP contribution is -2.44. The van der Waals surface area contributed by atoms with Crippen molar-refractivity contribution in [1.82, 2.24) is 29.4 Å². The van der Waals surface area contributed by atoms with Crippen LogP contribution in [0.25, 0.3) is 22.3 Å². The van der Waals surface area contributed by atoms with E-state index in [0.29, 0.717) is 28.4 Å². The molecule has 0 fully saturated rings. The molecule has 0 unspecified atom stereocenters. The number of amidine groups is 1. The largest absolute Gasteiger partial charge is 0.509 e. The minimum Gasteiger partial charge on any atom is -0.509 e. The molecule has 4 aromatic rings. The van der Waals surface area contributed by atoms with Crippen molar-refractivity contribution in [1.29, 1.82) is 5.41 Å². The Balaban J connectivity index is 1.45. The Morgan fingerprint density at radius 3 is 2.73 bits per heavy atom. The van der Waals surface area contributed by atoms with E-state index in [1.165, 1.54) is 5.01 Å². The third-order valence-electron chi connectivity index (χ3n) is 5.27. The fourth-order valence-corrected chi connectivity index (χ4v) is 3.84. The Kier molecular flexibility index (Phi) is 3.85. The van der Waals surface area contributed by atoms with E-state index < -0.39 is 5.91 Å². The second-order valence-electron chi connectivity index (χ2n) is 7.16. The molecule has 3 aromatic heterocycles. The van der Waals surface area contributed by atoms with Gasteiger partial charge in [-0.15, -0.1) is 0 Å². The predicted octanol–water partition coefficient (Wildman–Crippen LogP) is 2.44. The van der Waals surface area contributed by atoms with Crippen molar-refractivity contribution in [2.75, 3.05) is 6.54 Å². The Bertz CT molecular complexity index is 1380. The number of nitrogens with zero attached hydrogens (tertiary/aromatic N) is 5. The minimum atomic E-state index is -0.407. The number of nitrogens with one attached hydrogen (secondary N) is 2. The van der Waals surface area contributed by atoms with Gasteiger partial charge in [0.1, 0.15) is 28.5 Å². The van der Waals surface area contributed by atoms with Gasteiger partial charge in [0.2, 0.25) is 0 Å². The number of pyridine rings is 1. The molecule has 1 aromatic carbocycles. The summed E-state index contributed by atoms with van der Waals surface area (Å²) < 4.78 is 3.53. The highest BCUT2D eigenvalue weighted by atomic mass is 16.3. The minimum absolute atomic E-state index is 0.0150. The van der Waals surface area contributed by atoms with Gasteiger partial charge in [-0.05, 0) is 31.2 Å². The van der Waals surface area contributed by atoms with E-state index in [1.54, 1.807) is 17.5 Å². The zero-order chi connectivity index (χ0) is 21.0. The van der Waals surface area contributed by atoms with Gasteiger partial charge in [0, 0.05) is 13.2 Å². The van der Waals surface area contributed by atoms with Crippen LogP contribution < -0.4 is 5.43 Å². The number of aliphatic hydroxyl groups is 1. The number of carbonyl (C=O) groups is 1. The summed E-state index contributed by atoms with van der Waals surface area (Å²) >= 11 is 0. The fourth-order valence-electron chi connectivity index (χ4n) is 3.84. The number of hydrogen-bond acceptors (Lipinski definition) is 5. The second-order valence-corrected chi connectivity index (χ2v) is 7.16. The van der Waals surface area contributed by atoms with E-state index in [1.807, 2.05) is 54.1 Å². The van der Waals surface area contributed by atoms with Crippen LogP contribution in [0, 0.1) is 12.3 Å². The van der Waals surface area contributed by atoms with Crippen molar-refractivity contribution in [3.05, 3.63) is 71.6 Å². The summed E-state index contributed by atoms with van der Waals surface area (Å²) in [6.07, 6.45) is 1.76. The molecular formula is C21H19N7O2. The van der Waals surface area contributed by atoms with Crippen LogP contribution in [-0.4, -0.2) is 47.3 Å². The summed E-state index contributed by atoms with van der Waals surface area (Å²) in [6, 6.07) is 13.1. The number of hydrogen-bond donors (Lipinski definition) is 3. The van der Waals surface area contributed by atoms with Crippen LogP contribution >= 0.6 is 0 Å². The van der Waals surface area contributed by atoms with Gasteiger partial charge < -0.3 is 9.67 Å². The number of hydrazine groups is 1. The maximum Gasteiger partial charge on any atom is 0.288 e. The molecule has 1 amide bonds. The molecule has 0 radical (unpaired) electrons. The molecule has 9 nitrogen and oxygen atoms in total. The summed E-state index contributed by atoms with van der Waals surface area (Å²) in [6.45, 7) is 1.75. The van der Waals surface area contributed by atoms with Crippen LogP contribution in [0.3, 0.4) is 0 Å². The number of aliphatic hydroxyl groups excluding tert-OH is 1. The van der Waals surface area contributed by atoms with Crippen LogP contribution in [0.4, 0.5) is 0 Å². The molecule has 0 aliphatic carbocycles. The van der Waals surface area contributed by atoms with Gasteiger partial charge in [-0.3, -0.25) is 25.0 Å². The number of aromatic nitrogens is 4. The number of imidazole rings is 2. The standard InChI is InChI=1S/C21H19N7O2/c1-12-18(27-10-6-5-9-16(27)23-12)21(30)25-28-11-15(29)17(19(28)22)20-24-13-7-3-4-8-14(13)26(20)2/h3-10,22,29H,11H2,1-2H3,(H,25,30). The van der Waals surface area contributed by atoms with Gasteiger partial charge in [0.15, 0.2) is 5.84 Å². The van der Waals surface area contributed by atoms with Crippen molar-refractivity contribution in [2.45, 2.75) is 6.92 Å². The van der Waals surface area contributed by atoms with Gasteiger partial charge in [-0.2, -0.15) is 0 Å². The summed E-state index contributed by atoms with van der Waals surface area (Å²) in [4.78, 5) is 21.9. The number of aryl methyl sites for hydroxylation is 2. The Hall–Kier alpha value is -4.14. The van der Waals surface area contributed by atoms with Gasteiger partial charge in [-0.25, -0.2) is 9.97 Å². The normalized spacial score (nSPS) is 14.3. The van der Waals surface area contributed by atoms with Crippen LogP contribution in [0.15, 0.2) is 54.4 Å². The van der Waals surface area contributed by atoms with Crippen LogP contribution in [0.1, 0.15) is 22.0 Å². The number of benzene rings is 1. The van der Waals surface area contributed by atoms with E-state index in [4.69, 9.17) is 5.41 Å². The number of amides is 1. The molecule has 0 saturated carbocycles. The average molecular weight is 401 g/mol. The molecule has 0 bridgehead atoms. The van der Waals surface area contributed by atoms with Crippen molar-refractivity contribution in [3.63, 3.8) is 0 Å². The molecule has 30 heavy (non-hydrogen) atoms. The van der Waals surface area contributed by atoms with Crippen molar-refractivity contribution in [2.24, 2.45) is 7.05 Å². The van der Waals surface area contributed by atoms with Gasteiger partial charge in [0.05, 0.1) is 23.3 Å². The predicted molar refractivity (Wildman–Crippen MR) is 112 cm³/mol. The topological polar surface area (TPSA) is 112 Å². The molecule has 9 heteroatoms. The summed E-state index contributed by atoms with van der Waals surface area (Å²) in [7, 11) is 1.83. The third kappa shape index (κ3) is 2.55. The Morgan fingerprint density at radius 1 is 1.17 bits per heavy atom. The molecular weight excluding hydrogens is 382 g/mol. The fraction of sp³-hybridized carbons (Fsp3) is 0.143. The van der Waals surface area contributed by atoms with Crippen molar-refractivity contribution < 1.29 is 9.90 Å². The van der Waals surface area contributed by atoms with E-state index >= 15 is 0 Å². The third-order valence-corrected chi connectivity index (χ3v) is 5.27. The van der Waals surface area contributed by atoms with Crippen molar-refractivity contribution >= 4 is 34.0 Å². The van der Waals surface area contributed by atoms with Gasteiger partial charge >= 0.3 is 0 Å². The SMILES string of the molecule is Cc1nc2ccccn2c1C(=O)NN1CC(O)=C(c2nc3ccccc3n2C)C1=N. The van der Waals surface area contributed by atoms with E-state index in [2.05, 4.69) is 15.4 Å². The first kappa shape index (κ1) is 17.9. The molecule has 4 heterocycles. The molecule has 3 N–H and O–H groups in total. The van der Waals surface area contributed by atoms with Crippen LogP contribution in [0.2, 0.25) is 0 Å². The second kappa shape index (κ2) is 6.45.